The van der Waals surface area contributed by atoms with Gasteiger partial charge in [0.2, 0.25) is 0 Å². The minimum absolute atomic E-state index is 0.201. The Morgan fingerprint density at radius 3 is 2.90 bits per heavy atom. The molecule has 0 radical (unpaired) electrons. The molecule has 1 aliphatic heterocycles. The molecule has 0 aromatic heterocycles. The molecule has 0 spiro atoms. The fraction of sp³-hybridized carbons (Fsp3) is 0.562. The van der Waals surface area contributed by atoms with Crippen LogP contribution in [-0.4, -0.2) is 37.6 Å². The topological polar surface area (TPSA) is 38.8 Å². The van der Waals surface area contributed by atoms with Crippen molar-refractivity contribution in [3.8, 4) is 5.75 Å². The second-order valence-electron chi connectivity index (χ2n) is 5.39. The summed E-state index contributed by atoms with van der Waals surface area (Å²) in [5.41, 5.74) is 1.000. The van der Waals surface area contributed by atoms with Crippen LogP contribution in [0.2, 0.25) is 0 Å². The predicted molar refractivity (Wildman–Crippen MR) is 77.8 cm³/mol. The third kappa shape index (κ3) is 3.73. The molecule has 110 valence electrons. The van der Waals surface area contributed by atoms with E-state index in [0.717, 1.165) is 30.7 Å². The molecule has 1 aliphatic rings. The number of ether oxygens (including phenoxy) is 2. The lowest BCUT2D eigenvalue weighted by atomic mass is 10.00. The third-order valence-corrected chi connectivity index (χ3v) is 3.93. The molecule has 0 aliphatic carbocycles. The number of methoxy groups -OCH3 is 1. The molecule has 0 saturated carbocycles. The van der Waals surface area contributed by atoms with Crippen molar-refractivity contribution >= 4 is 5.97 Å². The van der Waals surface area contributed by atoms with E-state index >= 15 is 0 Å². The number of hydrogen-bond donors (Lipinski definition) is 0. The average Bonchev–Trinajstić information content (AvgIpc) is 2.83. The standard InChI is InChI=1S/C16H23NO3/c1-12(18)20-16(11-14-7-5-9-17(14)2)13-6-4-8-15(10-13)19-3/h4,6,8,10,14,16H,5,7,9,11H2,1-3H3. The van der Waals surface area contributed by atoms with Crippen molar-refractivity contribution in [1.29, 1.82) is 0 Å². The van der Waals surface area contributed by atoms with Crippen molar-refractivity contribution < 1.29 is 14.3 Å². The maximum Gasteiger partial charge on any atom is 0.303 e. The van der Waals surface area contributed by atoms with Gasteiger partial charge in [0, 0.05) is 19.4 Å². The van der Waals surface area contributed by atoms with Crippen LogP contribution in [0.1, 0.15) is 37.9 Å². The highest BCUT2D eigenvalue weighted by molar-refractivity contribution is 5.66. The second-order valence-corrected chi connectivity index (χ2v) is 5.39. The van der Waals surface area contributed by atoms with Gasteiger partial charge in [-0.2, -0.15) is 0 Å². The van der Waals surface area contributed by atoms with Crippen LogP contribution < -0.4 is 4.74 Å². The van der Waals surface area contributed by atoms with Crippen molar-refractivity contribution in [2.24, 2.45) is 0 Å². The van der Waals surface area contributed by atoms with Crippen LogP contribution in [0, 0.1) is 0 Å². The number of carbonyl (C=O) groups is 1. The van der Waals surface area contributed by atoms with Gasteiger partial charge in [-0.1, -0.05) is 12.1 Å². The summed E-state index contributed by atoms with van der Waals surface area (Å²) in [5.74, 6) is 0.554. The minimum Gasteiger partial charge on any atom is -0.497 e. The van der Waals surface area contributed by atoms with E-state index in [2.05, 4.69) is 11.9 Å². The lowest BCUT2D eigenvalue weighted by Crippen LogP contribution is -2.28. The number of likely N-dealkylation sites (tertiary alicyclic amines) is 1. The van der Waals surface area contributed by atoms with E-state index in [4.69, 9.17) is 9.47 Å². The Kier molecular flexibility index (Phi) is 5.01. The first kappa shape index (κ1) is 14.9. The number of benzene rings is 1. The molecular weight excluding hydrogens is 254 g/mol. The van der Waals surface area contributed by atoms with Gasteiger partial charge >= 0.3 is 5.97 Å². The van der Waals surface area contributed by atoms with E-state index in [0.29, 0.717) is 6.04 Å². The highest BCUT2D eigenvalue weighted by Crippen LogP contribution is 2.30. The van der Waals surface area contributed by atoms with Crippen LogP contribution in [0.4, 0.5) is 0 Å². The van der Waals surface area contributed by atoms with Crippen molar-refractivity contribution in [2.75, 3.05) is 20.7 Å². The van der Waals surface area contributed by atoms with Crippen LogP contribution in [0.5, 0.6) is 5.75 Å². The molecule has 0 N–H and O–H groups in total. The van der Waals surface area contributed by atoms with E-state index in [1.165, 1.54) is 13.3 Å². The Hall–Kier alpha value is -1.55. The Balaban J connectivity index is 2.15. The van der Waals surface area contributed by atoms with Crippen molar-refractivity contribution in [3.63, 3.8) is 0 Å². The zero-order valence-corrected chi connectivity index (χ0v) is 12.5. The molecule has 2 unspecified atom stereocenters. The summed E-state index contributed by atoms with van der Waals surface area (Å²) in [6.07, 6.45) is 3.02. The van der Waals surface area contributed by atoms with Gasteiger partial charge in [0.1, 0.15) is 11.9 Å². The normalized spacial score (nSPS) is 20.6. The Bertz CT molecular complexity index is 461. The molecular formula is C16H23NO3. The first-order chi connectivity index (χ1) is 9.60. The highest BCUT2D eigenvalue weighted by Gasteiger charge is 2.27. The fourth-order valence-corrected chi connectivity index (χ4v) is 2.82. The first-order valence-electron chi connectivity index (χ1n) is 7.11. The van der Waals surface area contributed by atoms with Gasteiger partial charge in [-0.15, -0.1) is 0 Å². The minimum atomic E-state index is -0.238. The molecule has 2 atom stereocenters. The maximum atomic E-state index is 11.4. The summed E-state index contributed by atoms with van der Waals surface area (Å²) in [6, 6.07) is 8.25. The van der Waals surface area contributed by atoms with Gasteiger partial charge < -0.3 is 14.4 Å². The smallest absolute Gasteiger partial charge is 0.303 e. The summed E-state index contributed by atoms with van der Waals surface area (Å²) in [4.78, 5) is 13.7. The molecule has 20 heavy (non-hydrogen) atoms. The SMILES string of the molecule is COc1cccc(C(CC2CCCN2C)OC(C)=O)c1. The summed E-state index contributed by atoms with van der Waals surface area (Å²) in [6.45, 7) is 2.58. The summed E-state index contributed by atoms with van der Waals surface area (Å²) < 4.78 is 10.8. The van der Waals surface area contributed by atoms with E-state index in [1.54, 1.807) is 7.11 Å². The molecule has 1 fully saturated rings. The number of rotatable bonds is 5. The first-order valence-corrected chi connectivity index (χ1v) is 7.11. The molecule has 0 bridgehead atoms. The monoisotopic (exact) mass is 277 g/mol. The average molecular weight is 277 g/mol. The maximum absolute atomic E-state index is 11.4. The van der Waals surface area contributed by atoms with E-state index in [9.17, 15) is 4.79 Å². The number of nitrogens with zero attached hydrogens (tertiary/aromatic N) is 1. The Morgan fingerprint density at radius 2 is 2.30 bits per heavy atom. The molecule has 4 nitrogen and oxygen atoms in total. The summed E-state index contributed by atoms with van der Waals surface area (Å²) in [7, 11) is 3.78. The number of hydrogen-bond acceptors (Lipinski definition) is 4. The van der Waals surface area contributed by atoms with Crippen LogP contribution in [0.25, 0.3) is 0 Å². The lowest BCUT2D eigenvalue weighted by molar-refractivity contribution is -0.147. The predicted octanol–water partition coefficient (Wildman–Crippen LogP) is 2.78. The van der Waals surface area contributed by atoms with Crippen LogP contribution in [-0.2, 0) is 9.53 Å². The number of carbonyl (C=O) groups excluding carboxylic acids is 1. The Labute approximate surface area is 120 Å². The molecule has 1 heterocycles. The molecule has 1 saturated heterocycles. The van der Waals surface area contributed by atoms with E-state index < -0.39 is 0 Å². The highest BCUT2D eigenvalue weighted by atomic mass is 16.5. The lowest BCUT2D eigenvalue weighted by Gasteiger charge is -2.25. The van der Waals surface area contributed by atoms with Crippen LogP contribution in [0.3, 0.4) is 0 Å². The van der Waals surface area contributed by atoms with Gasteiger partial charge in [0.25, 0.3) is 0 Å². The van der Waals surface area contributed by atoms with Gasteiger partial charge in [0.05, 0.1) is 7.11 Å². The molecule has 1 aromatic rings. The molecule has 4 heteroatoms. The van der Waals surface area contributed by atoms with Gasteiger partial charge in [-0.25, -0.2) is 0 Å². The van der Waals surface area contributed by atoms with Crippen molar-refractivity contribution in [1.82, 2.24) is 4.90 Å². The van der Waals surface area contributed by atoms with Crippen molar-refractivity contribution in [2.45, 2.75) is 38.3 Å². The number of esters is 1. The van der Waals surface area contributed by atoms with Crippen LogP contribution >= 0.6 is 0 Å². The Morgan fingerprint density at radius 1 is 1.50 bits per heavy atom. The zero-order valence-electron chi connectivity index (χ0n) is 12.5. The van der Waals surface area contributed by atoms with E-state index in [1.807, 2.05) is 24.3 Å². The largest absolute Gasteiger partial charge is 0.497 e. The zero-order chi connectivity index (χ0) is 14.5. The second kappa shape index (κ2) is 6.75. The quantitative estimate of drug-likeness (QED) is 0.776. The summed E-state index contributed by atoms with van der Waals surface area (Å²) in [5, 5.41) is 0. The van der Waals surface area contributed by atoms with Crippen molar-refractivity contribution in [3.05, 3.63) is 29.8 Å². The van der Waals surface area contributed by atoms with Gasteiger partial charge in [0.15, 0.2) is 0 Å². The van der Waals surface area contributed by atoms with Crippen LogP contribution in [0.15, 0.2) is 24.3 Å². The third-order valence-electron chi connectivity index (χ3n) is 3.93. The molecule has 2 rings (SSSR count). The molecule has 1 aromatic carbocycles. The fourth-order valence-electron chi connectivity index (χ4n) is 2.82. The van der Waals surface area contributed by atoms with E-state index in [-0.39, 0.29) is 12.1 Å². The molecule has 0 amide bonds. The van der Waals surface area contributed by atoms with Gasteiger partial charge in [-0.3, -0.25) is 4.79 Å². The summed E-state index contributed by atoms with van der Waals surface area (Å²) >= 11 is 0. The van der Waals surface area contributed by atoms with Gasteiger partial charge in [-0.05, 0) is 44.1 Å².